The minimum Gasteiger partial charge on any atom is -0.508 e. The number of phenols is 1. The molecule has 146 valence electrons. The van der Waals surface area contributed by atoms with E-state index in [-0.39, 0.29) is 36.0 Å². The number of β-lactam (4-membered cyclic amide) rings is 1. The highest BCUT2D eigenvalue weighted by Crippen LogP contribution is 2.47. The monoisotopic (exact) mass is 393 g/mol. The van der Waals surface area contributed by atoms with Crippen LogP contribution in [0.4, 0.5) is 5.69 Å². The van der Waals surface area contributed by atoms with Gasteiger partial charge in [-0.25, -0.2) is 0 Å². The highest BCUT2D eigenvalue weighted by Gasteiger charge is 2.60. The van der Waals surface area contributed by atoms with Crippen LogP contribution in [0.3, 0.4) is 0 Å². The van der Waals surface area contributed by atoms with Gasteiger partial charge in [-0.2, -0.15) is 0 Å². The van der Waals surface area contributed by atoms with Gasteiger partial charge in [-0.15, -0.1) is 11.8 Å². The number of aromatic hydroxyl groups is 1. The smallest absolute Gasteiger partial charge is 0.312 e. The molecule has 2 unspecified atom stereocenters. The molecule has 2 aliphatic rings. The number of aliphatic carboxylic acids is 1. The van der Waals surface area contributed by atoms with Crippen LogP contribution >= 0.6 is 11.8 Å². The molecule has 2 saturated heterocycles. The van der Waals surface area contributed by atoms with E-state index in [1.807, 2.05) is 13.8 Å². The Kier molecular flexibility index (Phi) is 5.09. The summed E-state index contributed by atoms with van der Waals surface area (Å²) in [5.41, 5.74) is 5.02. The molecule has 0 saturated carbocycles. The third-order valence-corrected chi connectivity index (χ3v) is 6.99. The molecule has 27 heavy (non-hydrogen) atoms. The Labute approximate surface area is 161 Å². The molecular weight excluding hydrogens is 370 g/mol. The summed E-state index contributed by atoms with van der Waals surface area (Å²) in [6.07, 6.45) is 0. The number of anilines is 1. The standard InChI is InChI=1S/C18H23N3O5S/c1-10(2)18(17(25)26)8-20-15(24)14(16(20)27-9-18)21(13(23)7-19)11-3-5-12(22)6-4-11/h3-6,10,14,16,22H,7-9,19H2,1-2H3,(H,25,26)/t14?,16-,18?/m1/s1. The lowest BCUT2D eigenvalue weighted by Gasteiger charge is -2.57. The lowest BCUT2D eigenvalue weighted by Crippen LogP contribution is -2.75. The van der Waals surface area contributed by atoms with Crippen molar-refractivity contribution in [1.82, 2.24) is 4.90 Å². The number of rotatable bonds is 5. The second kappa shape index (κ2) is 7.05. The highest BCUT2D eigenvalue weighted by molar-refractivity contribution is 8.00. The first kappa shape index (κ1) is 19.5. The number of fused-ring (bicyclic) bond motifs is 1. The van der Waals surface area contributed by atoms with Gasteiger partial charge >= 0.3 is 5.97 Å². The van der Waals surface area contributed by atoms with Crippen LogP contribution in [-0.4, -0.2) is 63.2 Å². The van der Waals surface area contributed by atoms with Gasteiger partial charge in [0.25, 0.3) is 0 Å². The maximum atomic E-state index is 12.9. The first-order valence-electron chi connectivity index (χ1n) is 8.69. The number of carboxylic acid groups (broad SMARTS) is 1. The van der Waals surface area contributed by atoms with Gasteiger partial charge in [0.15, 0.2) is 0 Å². The van der Waals surface area contributed by atoms with Gasteiger partial charge in [-0.05, 0) is 30.2 Å². The van der Waals surface area contributed by atoms with E-state index in [2.05, 4.69) is 0 Å². The van der Waals surface area contributed by atoms with Crippen molar-refractivity contribution in [2.75, 3.05) is 23.7 Å². The molecule has 3 atom stereocenters. The average Bonchev–Trinajstić information content (AvgIpc) is 2.65. The van der Waals surface area contributed by atoms with Crippen LogP contribution in [-0.2, 0) is 14.4 Å². The number of carbonyl (C=O) groups is 3. The van der Waals surface area contributed by atoms with Crippen LogP contribution in [0.2, 0.25) is 0 Å². The molecule has 3 rings (SSSR count). The normalized spacial score (nSPS) is 27.1. The van der Waals surface area contributed by atoms with Crippen molar-refractivity contribution in [3.63, 3.8) is 0 Å². The minimum absolute atomic E-state index is 0.0516. The maximum Gasteiger partial charge on any atom is 0.312 e. The van der Waals surface area contributed by atoms with Crippen LogP contribution in [0, 0.1) is 11.3 Å². The van der Waals surface area contributed by atoms with Crippen molar-refractivity contribution in [2.24, 2.45) is 17.1 Å². The van der Waals surface area contributed by atoms with E-state index in [1.54, 1.807) is 17.0 Å². The summed E-state index contributed by atoms with van der Waals surface area (Å²) in [7, 11) is 0. The Morgan fingerprint density at radius 2 is 2.00 bits per heavy atom. The fraction of sp³-hybridized carbons (Fsp3) is 0.500. The Morgan fingerprint density at radius 1 is 1.37 bits per heavy atom. The van der Waals surface area contributed by atoms with Crippen molar-refractivity contribution in [1.29, 1.82) is 0 Å². The fourth-order valence-corrected chi connectivity index (χ4v) is 5.37. The molecule has 0 spiro atoms. The Bertz CT molecular complexity index is 769. The number of carbonyl (C=O) groups excluding carboxylic acids is 2. The molecule has 2 fully saturated rings. The number of hydrogen-bond acceptors (Lipinski definition) is 6. The summed E-state index contributed by atoms with van der Waals surface area (Å²) in [5, 5.41) is 18.9. The molecule has 4 N–H and O–H groups in total. The first-order valence-corrected chi connectivity index (χ1v) is 9.74. The van der Waals surface area contributed by atoms with Gasteiger partial charge in [0.2, 0.25) is 11.8 Å². The topological polar surface area (TPSA) is 124 Å². The number of amides is 2. The van der Waals surface area contributed by atoms with Crippen LogP contribution in [0.15, 0.2) is 24.3 Å². The number of carboxylic acids is 1. The van der Waals surface area contributed by atoms with Crippen LogP contribution in [0.5, 0.6) is 5.75 Å². The van der Waals surface area contributed by atoms with Gasteiger partial charge in [0.1, 0.15) is 17.2 Å². The predicted molar refractivity (Wildman–Crippen MR) is 101 cm³/mol. The first-order chi connectivity index (χ1) is 12.7. The molecule has 9 heteroatoms. The molecular formula is C18H23N3O5S. The van der Waals surface area contributed by atoms with Crippen LogP contribution in [0.1, 0.15) is 13.8 Å². The number of thioether (sulfide) groups is 1. The summed E-state index contributed by atoms with van der Waals surface area (Å²) in [6.45, 7) is 3.56. The second-order valence-corrected chi connectivity index (χ2v) is 8.32. The van der Waals surface area contributed by atoms with E-state index in [4.69, 9.17) is 5.73 Å². The summed E-state index contributed by atoms with van der Waals surface area (Å²) in [4.78, 5) is 40.1. The molecule has 8 nitrogen and oxygen atoms in total. The third kappa shape index (κ3) is 3.04. The molecule has 0 bridgehead atoms. The van der Waals surface area contributed by atoms with Crippen molar-refractivity contribution in [2.45, 2.75) is 25.3 Å². The van der Waals surface area contributed by atoms with Crippen molar-refractivity contribution in [3.8, 4) is 5.75 Å². The van der Waals surface area contributed by atoms with Crippen molar-refractivity contribution >= 4 is 35.2 Å². The number of phenolic OH excluding ortho intramolecular Hbond substituents is 1. The molecule has 0 aliphatic carbocycles. The van der Waals surface area contributed by atoms with Gasteiger partial charge in [-0.3, -0.25) is 19.3 Å². The Balaban J connectivity index is 1.88. The zero-order chi connectivity index (χ0) is 19.9. The lowest BCUT2D eigenvalue weighted by molar-refractivity contribution is -0.160. The van der Waals surface area contributed by atoms with E-state index in [1.165, 1.54) is 28.8 Å². The molecule has 1 aromatic rings. The lowest BCUT2D eigenvalue weighted by atomic mass is 9.77. The van der Waals surface area contributed by atoms with Gasteiger partial charge in [0.05, 0.1) is 12.0 Å². The zero-order valence-corrected chi connectivity index (χ0v) is 16.0. The molecule has 2 amide bonds. The Morgan fingerprint density at radius 3 is 2.52 bits per heavy atom. The number of nitrogens with two attached hydrogens (primary N) is 1. The van der Waals surface area contributed by atoms with Crippen molar-refractivity contribution in [3.05, 3.63) is 24.3 Å². The Hall–Kier alpha value is -2.26. The summed E-state index contributed by atoms with van der Waals surface area (Å²) in [5.74, 6) is -1.31. The molecule has 0 aromatic heterocycles. The van der Waals surface area contributed by atoms with E-state index in [9.17, 15) is 24.6 Å². The maximum absolute atomic E-state index is 12.9. The van der Waals surface area contributed by atoms with E-state index < -0.39 is 23.3 Å². The van der Waals surface area contributed by atoms with Crippen LogP contribution in [0.25, 0.3) is 0 Å². The van der Waals surface area contributed by atoms with Crippen molar-refractivity contribution < 1.29 is 24.6 Å². The molecule has 2 heterocycles. The minimum atomic E-state index is -0.997. The SMILES string of the molecule is CC(C)C1(C(=O)O)CS[C@@H]2C(N(C(=O)CN)c3ccc(O)cc3)C(=O)N2C1. The molecule has 2 aliphatic heterocycles. The van der Waals surface area contributed by atoms with E-state index in [0.29, 0.717) is 11.4 Å². The summed E-state index contributed by atoms with van der Waals surface area (Å²) < 4.78 is 0. The fourth-order valence-electron chi connectivity index (χ4n) is 3.57. The predicted octanol–water partition coefficient (Wildman–Crippen LogP) is 0.695. The summed E-state index contributed by atoms with van der Waals surface area (Å²) in [6, 6.07) is 5.27. The largest absolute Gasteiger partial charge is 0.508 e. The van der Waals surface area contributed by atoms with Gasteiger partial charge < -0.3 is 20.8 Å². The van der Waals surface area contributed by atoms with E-state index in [0.717, 1.165) is 0 Å². The summed E-state index contributed by atoms with van der Waals surface area (Å²) >= 11 is 1.38. The van der Waals surface area contributed by atoms with Gasteiger partial charge in [-0.1, -0.05) is 13.8 Å². The highest BCUT2D eigenvalue weighted by atomic mass is 32.2. The molecule has 0 radical (unpaired) electrons. The molecule has 1 aromatic carbocycles. The number of benzene rings is 1. The number of hydrogen-bond donors (Lipinski definition) is 3. The third-order valence-electron chi connectivity index (χ3n) is 5.46. The number of nitrogens with zero attached hydrogens (tertiary/aromatic N) is 2. The van der Waals surface area contributed by atoms with Gasteiger partial charge in [0, 0.05) is 18.0 Å². The van der Waals surface area contributed by atoms with Crippen LogP contribution < -0.4 is 10.6 Å². The second-order valence-electron chi connectivity index (χ2n) is 7.21. The zero-order valence-electron chi connectivity index (χ0n) is 15.2. The average molecular weight is 393 g/mol. The van der Waals surface area contributed by atoms with E-state index >= 15 is 0 Å². The quantitative estimate of drug-likeness (QED) is 0.629.